The molecule has 0 heterocycles. The number of ether oxygens (including phenoxy) is 1. The number of hydrogen-bond donors (Lipinski definition) is 2. The molecule has 7 heteroatoms. The Balaban J connectivity index is 3.90. The zero-order valence-corrected chi connectivity index (χ0v) is 8.75. The molecule has 0 aliphatic heterocycles. The van der Waals surface area contributed by atoms with Crippen LogP contribution in [0.15, 0.2) is 0 Å². The van der Waals surface area contributed by atoms with Crippen molar-refractivity contribution < 1.29 is 27.4 Å². The number of hydrogen-bond acceptors (Lipinski definition) is 4. The maximum absolute atomic E-state index is 12.2. The molecule has 0 aromatic rings. The van der Waals surface area contributed by atoms with Gasteiger partial charge < -0.3 is 0 Å². The zero-order chi connectivity index (χ0) is 11.4. The van der Waals surface area contributed by atoms with E-state index >= 15 is 0 Å². The van der Waals surface area contributed by atoms with Gasteiger partial charge in [-0.3, -0.25) is 0 Å². The van der Waals surface area contributed by atoms with E-state index in [0.717, 1.165) is 0 Å². The molecule has 2 N–H and O–H groups in total. The van der Waals surface area contributed by atoms with Gasteiger partial charge in [0.05, 0.1) is 0 Å². The van der Waals surface area contributed by atoms with Crippen LogP contribution in [0.3, 0.4) is 0 Å². The van der Waals surface area contributed by atoms with Crippen molar-refractivity contribution in [3.05, 3.63) is 0 Å². The SMILES string of the molecule is C#CC(C)OCC(C)OP(O)(O)(F)F. The summed E-state index contributed by atoms with van der Waals surface area (Å²) < 4.78 is 33.0. The van der Waals surface area contributed by atoms with Crippen LogP contribution in [0.5, 0.6) is 0 Å². The fourth-order valence-corrected chi connectivity index (χ4v) is 1.31. The minimum atomic E-state index is -6.89. The Morgan fingerprint density at radius 2 is 1.93 bits per heavy atom. The number of rotatable bonds is 5. The van der Waals surface area contributed by atoms with Crippen molar-refractivity contribution >= 4 is 7.91 Å². The first-order chi connectivity index (χ1) is 6.10. The van der Waals surface area contributed by atoms with Gasteiger partial charge in [0.25, 0.3) is 0 Å². The van der Waals surface area contributed by atoms with Crippen molar-refractivity contribution in [2.75, 3.05) is 6.61 Å². The summed E-state index contributed by atoms with van der Waals surface area (Å²) in [4.78, 5) is 16.2. The van der Waals surface area contributed by atoms with E-state index in [9.17, 15) is 8.39 Å². The van der Waals surface area contributed by atoms with Crippen LogP contribution < -0.4 is 0 Å². The second-order valence-electron chi connectivity index (χ2n) is 2.82. The summed E-state index contributed by atoms with van der Waals surface area (Å²) in [6, 6.07) is 0. The molecule has 2 atom stereocenters. The van der Waals surface area contributed by atoms with Gasteiger partial charge in [0.15, 0.2) is 0 Å². The summed E-state index contributed by atoms with van der Waals surface area (Å²) in [7, 11) is -6.89. The van der Waals surface area contributed by atoms with Crippen LogP contribution >= 0.6 is 7.91 Å². The van der Waals surface area contributed by atoms with E-state index in [1.165, 1.54) is 6.92 Å². The topological polar surface area (TPSA) is 58.9 Å². The molecule has 0 saturated carbocycles. The zero-order valence-electron chi connectivity index (χ0n) is 7.85. The monoisotopic (exact) mass is 230 g/mol. The van der Waals surface area contributed by atoms with E-state index in [2.05, 4.69) is 10.4 Å². The predicted molar refractivity (Wildman–Crippen MR) is 48.4 cm³/mol. The Hall–Kier alpha value is -0.310. The summed E-state index contributed by atoms with van der Waals surface area (Å²) in [5, 5.41) is 0. The standard InChI is InChI=1S/C7H13F2O4P/c1-4-6(2)12-5-7(3)13-14(8,9,10)11/h1,6-7,10-11H,5H2,2-3H3. The first kappa shape index (κ1) is 13.7. The van der Waals surface area contributed by atoms with Crippen LogP contribution in [0.4, 0.5) is 8.39 Å². The molecular weight excluding hydrogens is 217 g/mol. The Kier molecular flexibility index (Phi) is 4.37. The van der Waals surface area contributed by atoms with Crippen molar-refractivity contribution in [1.29, 1.82) is 0 Å². The van der Waals surface area contributed by atoms with E-state index in [-0.39, 0.29) is 6.61 Å². The van der Waals surface area contributed by atoms with Gasteiger partial charge in [-0.05, 0) is 0 Å². The average Bonchev–Trinajstić information content (AvgIpc) is 1.95. The van der Waals surface area contributed by atoms with Gasteiger partial charge in [0.1, 0.15) is 0 Å². The summed E-state index contributed by atoms with van der Waals surface area (Å²) in [5.41, 5.74) is 0. The predicted octanol–water partition coefficient (Wildman–Crippen LogP) is 1.48. The molecule has 2 unspecified atom stereocenters. The fourth-order valence-electron chi connectivity index (χ4n) is 0.655. The van der Waals surface area contributed by atoms with E-state index in [4.69, 9.17) is 20.9 Å². The first-order valence-electron chi connectivity index (χ1n) is 3.82. The van der Waals surface area contributed by atoms with Gasteiger partial charge >= 0.3 is 80.4 Å². The molecule has 0 aromatic heterocycles. The molecule has 0 bridgehead atoms. The van der Waals surface area contributed by atoms with Crippen molar-refractivity contribution in [3.8, 4) is 12.3 Å². The van der Waals surface area contributed by atoms with Crippen LogP contribution in [-0.2, 0) is 9.26 Å². The first-order valence-corrected chi connectivity index (χ1v) is 5.66. The molecule has 0 amide bonds. The van der Waals surface area contributed by atoms with Gasteiger partial charge in [-0.15, -0.1) is 0 Å². The Labute approximate surface area is 81.2 Å². The molecule has 84 valence electrons. The Morgan fingerprint density at radius 3 is 2.29 bits per heavy atom. The minimum absolute atomic E-state index is 0.238. The second kappa shape index (κ2) is 4.47. The molecule has 0 aliphatic carbocycles. The summed E-state index contributed by atoms with van der Waals surface area (Å²) >= 11 is 0. The van der Waals surface area contributed by atoms with Crippen molar-refractivity contribution in [2.24, 2.45) is 0 Å². The molecule has 0 radical (unpaired) electrons. The Morgan fingerprint density at radius 1 is 1.43 bits per heavy atom. The van der Waals surface area contributed by atoms with Crippen LogP contribution in [0.1, 0.15) is 13.8 Å². The molecule has 14 heavy (non-hydrogen) atoms. The van der Waals surface area contributed by atoms with Gasteiger partial charge in [0, 0.05) is 0 Å². The van der Waals surface area contributed by atoms with Crippen molar-refractivity contribution in [3.63, 3.8) is 0 Å². The van der Waals surface area contributed by atoms with Gasteiger partial charge in [-0.25, -0.2) is 0 Å². The summed E-state index contributed by atoms with van der Waals surface area (Å²) in [6.45, 7) is 2.53. The Bertz CT molecular complexity index is 223. The molecular formula is C7H13F2O4P. The van der Waals surface area contributed by atoms with Crippen molar-refractivity contribution in [2.45, 2.75) is 26.1 Å². The maximum atomic E-state index is 12.2. The van der Waals surface area contributed by atoms with Crippen molar-refractivity contribution in [1.82, 2.24) is 0 Å². The number of halogens is 2. The molecule has 4 nitrogen and oxygen atoms in total. The van der Waals surface area contributed by atoms with Crippen LogP contribution in [0.25, 0.3) is 0 Å². The average molecular weight is 230 g/mol. The fraction of sp³-hybridized carbons (Fsp3) is 0.714. The normalized spacial score (nSPS) is 19.1. The van der Waals surface area contributed by atoms with E-state index in [0.29, 0.717) is 0 Å². The van der Waals surface area contributed by atoms with Crippen LogP contribution in [0, 0.1) is 12.3 Å². The summed E-state index contributed by atoms with van der Waals surface area (Å²) in [6.07, 6.45) is 3.27. The second-order valence-corrected chi connectivity index (χ2v) is 4.54. The third-order valence-electron chi connectivity index (χ3n) is 1.17. The molecule has 0 rings (SSSR count). The molecule has 0 aromatic carbocycles. The van der Waals surface area contributed by atoms with E-state index in [1.807, 2.05) is 0 Å². The van der Waals surface area contributed by atoms with Crippen LogP contribution in [0.2, 0.25) is 0 Å². The van der Waals surface area contributed by atoms with Gasteiger partial charge in [-0.2, -0.15) is 0 Å². The number of terminal acetylenes is 1. The van der Waals surface area contributed by atoms with Gasteiger partial charge in [-0.1, -0.05) is 0 Å². The molecule has 0 saturated heterocycles. The van der Waals surface area contributed by atoms with Gasteiger partial charge in [0.2, 0.25) is 0 Å². The van der Waals surface area contributed by atoms with E-state index in [1.54, 1.807) is 6.92 Å². The van der Waals surface area contributed by atoms with Crippen LogP contribution in [-0.4, -0.2) is 28.6 Å². The third-order valence-corrected chi connectivity index (χ3v) is 1.88. The summed E-state index contributed by atoms with van der Waals surface area (Å²) in [5.74, 6) is 2.21. The molecule has 0 aliphatic rings. The quantitative estimate of drug-likeness (QED) is 0.554. The molecule has 0 fully saturated rings. The van der Waals surface area contributed by atoms with E-state index < -0.39 is 20.1 Å². The molecule has 0 spiro atoms. The third kappa shape index (κ3) is 8.30.